The van der Waals surface area contributed by atoms with Gasteiger partial charge in [0.2, 0.25) is 11.8 Å². The highest BCUT2D eigenvalue weighted by Gasteiger charge is 2.43. The zero-order valence-electron chi connectivity index (χ0n) is 4.63. The summed E-state index contributed by atoms with van der Waals surface area (Å²) in [6, 6.07) is 0. The van der Waals surface area contributed by atoms with E-state index in [9.17, 15) is 9.59 Å². The van der Waals surface area contributed by atoms with E-state index in [0.717, 1.165) is 0 Å². The standard InChI is InChI=1S/C6H5NO2/c8-5-3-1-2-4(3)6(9)7-5/h1-4H,(H,7,8,9). The first kappa shape index (κ1) is 4.73. The van der Waals surface area contributed by atoms with Gasteiger partial charge in [0.05, 0.1) is 11.8 Å². The molecule has 0 spiro atoms. The third kappa shape index (κ3) is 0.415. The van der Waals surface area contributed by atoms with E-state index in [2.05, 4.69) is 5.32 Å². The van der Waals surface area contributed by atoms with E-state index in [1.807, 2.05) is 0 Å². The lowest BCUT2D eigenvalue weighted by Gasteiger charge is -2.14. The van der Waals surface area contributed by atoms with E-state index < -0.39 is 0 Å². The summed E-state index contributed by atoms with van der Waals surface area (Å²) in [6.07, 6.45) is 3.51. The number of amides is 2. The van der Waals surface area contributed by atoms with Crippen LogP contribution in [0.1, 0.15) is 0 Å². The molecule has 9 heavy (non-hydrogen) atoms. The fourth-order valence-corrected chi connectivity index (χ4v) is 1.12. The molecule has 0 radical (unpaired) electrons. The van der Waals surface area contributed by atoms with Crippen LogP contribution in [0, 0.1) is 11.8 Å². The Morgan fingerprint density at radius 2 is 1.56 bits per heavy atom. The molecule has 1 saturated heterocycles. The molecular weight excluding hydrogens is 118 g/mol. The largest absolute Gasteiger partial charge is 0.295 e. The summed E-state index contributed by atoms with van der Waals surface area (Å²) in [6.45, 7) is 0. The number of imide groups is 1. The average Bonchev–Trinajstić information content (AvgIpc) is 1.73. The van der Waals surface area contributed by atoms with Crippen LogP contribution in [0.15, 0.2) is 12.2 Å². The minimum absolute atomic E-state index is 0.141. The lowest BCUT2D eigenvalue weighted by atomic mass is 9.85. The Morgan fingerprint density at radius 1 is 1.11 bits per heavy atom. The van der Waals surface area contributed by atoms with Gasteiger partial charge < -0.3 is 0 Å². The van der Waals surface area contributed by atoms with Crippen LogP contribution in [-0.4, -0.2) is 11.8 Å². The molecule has 1 fully saturated rings. The van der Waals surface area contributed by atoms with Crippen LogP contribution in [0.2, 0.25) is 0 Å². The maximum Gasteiger partial charge on any atom is 0.234 e. The molecule has 2 rings (SSSR count). The van der Waals surface area contributed by atoms with Crippen LogP contribution in [0.25, 0.3) is 0 Å². The van der Waals surface area contributed by atoms with Crippen molar-refractivity contribution >= 4 is 11.8 Å². The van der Waals surface area contributed by atoms with E-state index in [1.165, 1.54) is 0 Å². The molecule has 1 N–H and O–H groups in total. The minimum atomic E-state index is -0.146. The predicted octanol–water partition coefficient (Wildman–Crippen LogP) is -0.555. The van der Waals surface area contributed by atoms with E-state index >= 15 is 0 Å². The molecule has 0 saturated carbocycles. The fourth-order valence-electron chi connectivity index (χ4n) is 1.12. The second kappa shape index (κ2) is 1.23. The molecule has 0 aromatic heterocycles. The molecule has 2 unspecified atom stereocenters. The van der Waals surface area contributed by atoms with Crippen molar-refractivity contribution in [3.63, 3.8) is 0 Å². The van der Waals surface area contributed by atoms with Crippen molar-refractivity contribution in [1.82, 2.24) is 5.32 Å². The molecule has 1 aliphatic carbocycles. The number of fused-ring (bicyclic) bond motifs is 1. The Hall–Kier alpha value is -1.12. The van der Waals surface area contributed by atoms with Crippen molar-refractivity contribution < 1.29 is 9.59 Å². The smallest absolute Gasteiger partial charge is 0.234 e. The van der Waals surface area contributed by atoms with Crippen LogP contribution >= 0.6 is 0 Å². The normalized spacial score (nSPS) is 37.8. The number of carbonyl (C=O) groups is 2. The third-order valence-corrected chi connectivity index (χ3v) is 1.76. The molecule has 1 heterocycles. The zero-order valence-corrected chi connectivity index (χ0v) is 4.63. The van der Waals surface area contributed by atoms with Crippen molar-refractivity contribution in [2.24, 2.45) is 11.8 Å². The molecule has 2 aliphatic rings. The van der Waals surface area contributed by atoms with Crippen molar-refractivity contribution in [1.29, 1.82) is 0 Å². The summed E-state index contributed by atoms with van der Waals surface area (Å²) in [5.74, 6) is -0.574. The van der Waals surface area contributed by atoms with Gasteiger partial charge in [-0.2, -0.15) is 0 Å². The molecule has 0 aromatic rings. The lowest BCUT2D eigenvalue weighted by molar-refractivity contribution is -0.125. The Kier molecular flexibility index (Phi) is 0.649. The van der Waals surface area contributed by atoms with Crippen LogP contribution in [0.4, 0.5) is 0 Å². The van der Waals surface area contributed by atoms with Crippen LogP contribution in [0.5, 0.6) is 0 Å². The second-order valence-electron chi connectivity index (χ2n) is 2.29. The van der Waals surface area contributed by atoms with Gasteiger partial charge in [0.25, 0.3) is 0 Å². The third-order valence-electron chi connectivity index (χ3n) is 1.76. The highest BCUT2D eigenvalue weighted by atomic mass is 16.2. The average molecular weight is 123 g/mol. The first-order valence-electron chi connectivity index (χ1n) is 2.82. The molecular formula is C6H5NO2. The Morgan fingerprint density at radius 3 is 1.78 bits per heavy atom. The molecule has 0 bridgehead atoms. The molecule has 3 heteroatoms. The minimum Gasteiger partial charge on any atom is -0.295 e. The van der Waals surface area contributed by atoms with E-state index in [-0.39, 0.29) is 23.7 Å². The van der Waals surface area contributed by atoms with E-state index in [1.54, 1.807) is 12.2 Å². The number of hydrogen-bond donors (Lipinski definition) is 1. The number of hydrogen-bond acceptors (Lipinski definition) is 2. The molecule has 3 nitrogen and oxygen atoms in total. The number of carbonyl (C=O) groups excluding carboxylic acids is 2. The van der Waals surface area contributed by atoms with Crippen molar-refractivity contribution in [2.75, 3.05) is 0 Å². The monoisotopic (exact) mass is 123 g/mol. The Bertz CT molecular complexity index is 197. The van der Waals surface area contributed by atoms with Gasteiger partial charge in [-0.25, -0.2) is 0 Å². The Labute approximate surface area is 51.7 Å². The van der Waals surface area contributed by atoms with Gasteiger partial charge in [-0.1, -0.05) is 12.2 Å². The van der Waals surface area contributed by atoms with Crippen LogP contribution < -0.4 is 5.32 Å². The predicted molar refractivity (Wildman–Crippen MR) is 29.3 cm³/mol. The quantitative estimate of drug-likeness (QED) is 0.347. The SMILES string of the molecule is O=C1NC(=O)C2C=CC12. The van der Waals surface area contributed by atoms with Gasteiger partial charge in [-0.3, -0.25) is 14.9 Å². The topological polar surface area (TPSA) is 46.2 Å². The molecule has 2 atom stereocenters. The van der Waals surface area contributed by atoms with Crippen molar-refractivity contribution in [3.05, 3.63) is 12.2 Å². The number of rotatable bonds is 0. The van der Waals surface area contributed by atoms with Crippen molar-refractivity contribution in [3.8, 4) is 0 Å². The summed E-state index contributed by atoms with van der Waals surface area (Å²) >= 11 is 0. The van der Waals surface area contributed by atoms with E-state index in [4.69, 9.17) is 0 Å². The summed E-state index contributed by atoms with van der Waals surface area (Å²) < 4.78 is 0. The first-order valence-corrected chi connectivity index (χ1v) is 2.82. The maximum atomic E-state index is 10.7. The lowest BCUT2D eigenvalue weighted by Crippen LogP contribution is -2.20. The van der Waals surface area contributed by atoms with Gasteiger partial charge in [0, 0.05) is 0 Å². The van der Waals surface area contributed by atoms with Gasteiger partial charge in [0.15, 0.2) is 0 Å². The molecule has 2 amide bonds. The maximum absolute atomic E-state index is 10.7. The van der Waals surface area contributed by atoms with Gasteiger partial charge in [0.1, 0.15) is 0 Å². The summed E-state index contributed by atoms with van der Waals surface area (Å²) in [5, 5.41) is 2.24. The summed E-state index contributed by atoms with van der Waals surface area (Å²) in [4.78, 5) is 21.3. The molecule has 1 aliphatic heterocycles. The molecule has 46 valence electrons. The fraction of sp³-hybridized carbons (Fsp3) is 0.333. The zero-order chi connectivity index (χ0) is 6.43. The highest BCUT2D eigenvalue weighted by Crippen LogP contribution is 2.29. The van der Waals surface area contributed by atoms with Gasteiger partial charge in [-0.15, -0.1) is 0 Å². The highest BCUT2D eigenvalue weighted by molar-refractivity contribution is 6.08. The summed E-state index contributed by atoms with van der Waals surface area (Å²) in [7, 11) is 0. The molecule has 0 aromatic carbocycles. The Balaban J connectivity index is 2.37. The van der Waals surface area contributed by atoms with Crippen LogP contribution in [0.3, 0.4) is 0 Å². The first-order chi connectivity index (χ1) is 4.29. The van der Waals surface area contributed by atoms with Gasteiger partial charge >= 0.3 is 0 Å². The van der Waals surface area contributed by atoms with Crippen molar-refractivity contribution in [2.45, 2.75) is 0 Å². The van der Waals surface area contributed by atoms with E-state index in [0.29, 0.717) is 0 Å². The van der Waals surface area contributed by atoms with Crippen LogP contribution in [-0.2, 0) is 9.59 Å². The van der Waals surface area contributed by atoms with Gasteiger partial charge in [-0.05, 0) is 0 Å². The number of nitrogens with one attached hydrogen (secondary N) is 1. The second-order valence-corrected chi connectivity index (χ2v) is 2.29. The summed E-state index contributed by atoms with van der Waals surface area (Å²) in [5.41, 5.74) is 0.